The zero-order valence-electron chi connectivity index (χ0n) is 6.37. The average molecular weight is 203 g/mol. The summed E-state index contributed by atoms with van der Waals surface area (Å²) >= 11 is 7.08. The molecule has 0 bridgehead atoms. The van der Waals surface area contributed by atoms with E-state index in [2.05, 4.69) is 0 Å². The van der Waals surface area contributed by atoms with Gasteiger partial charge in [-0.25, -0.2) is 4.79 Å². The van der Waals surface area contributed by atoms with Gasteiger partial charge in [0.05, 0.1) is 5.02 Å². The smallest absolute Gasteiger partial charge is 0.331 e. The number of carboxylic acid groups (broad SMARTS) is 1. The number of halogens is 1. The van der Waals surface area contributed by atoms with Gasteiger partial charge in [0, 0.05) is 15.8 Å². The molecule has 0 fully saturated rings. The van der Waals surface area contributed by atoms with Crippen molar-refractivity contribution in [1.29, 1.82) is 0 Å². The van der Waals surface area contributed by atoms with Crippen LogP contribution in [-0.2, 0) is 4.79 Å². The zero-order valence-corrected chi connectivity index (χ0v) is 7.95. The highest BCUT2D eigenvalue weighted by Gasteiger charge is 2.00. The molecule has 12 heavy (non-hydrogen) atoms. The van der Waals surface area contributed by atoms with Crippen LogP contribution >= 0.6 is 22.9 Å². The Morgan fingerprint density at radius 3 is 2.83 bits per heavy atom. The van der Waals surface area contributed by atoms with E-state index in [0.29, 0.717) is 10.6 Å². The molecule has 0 aliphatic heterocycles. The molecule has 0 saturated heterocycles. The van der Waals surface area contributed by atoms with E-state index in [9.17, 15) is 4.79 Å². The monoisotopic (exact) mass is 202 g/mol. The lowest BCUT2D eigenvalue weighted by Crippen LogP contribution is -1.94. The highest BCUT2D eigenvalue weighted by molar-refractivity contribution is 7.11. The molecule has 0 saturated carbocycles. The minimum atomic E-state index is -0.903. The Bertz CT molecular complexity index is 328. The van der Waals surface area contributed by atoms with Crippen molar-refractivity contribution in [2.45, 2.75) is 6.92 Å². The van der Waals surface area contributed by atoms with Crippen LogP contribution in [0.15, 0.2) is 17.0 Å². The predicted molar refractivity (Wildman–Crippen MR) is 50.6 cm³/mol. The van der Waals surface area contributed by atoms with Crippen molar-refractivity contribution < 1.29 is 9.90 Å². The number of thiophene rings is 1. The summed E-state index contributed by atoms with van der Waals surface area (Å²) in [7, 11) is 0. The van der Waals surface area contributed by atoms with E-state index in [0.717, 1.165) is 4.88 Å². The number of rotatable bonds is 2. The summed E-state index contributed by atoms with van der Waals surface area (Å²) in [6.07, 6.45) is 1.60. The number of carboxylic acids is 1. The van der Waals surface area contributed by atoms with Crippen LogP contribution in [0.25, 0.3) is 6.08 Å². The first-order valence-corrected chi connectivity index (χ1v) is 4.51. The fourth-order valence-electron chi connectivity index (χ4n) is 0.679. The summed E-state index contributed by atoms with van der Waals surface area (Å²) in [4.78, 5) is 11.3. The van der Waals surface area contributed by atoms with Gasteiger partial charge in [0.25, 0.3) is 0 Å². The molecular formula is C8H7ClO2S. The first kappa shape index (κ1) is 9.29. The normalized spacial score (nSPS) is 11.7. The van der Waals surface area contributed by atoms with Gasteiger partial charge in [0.15, 0.2) is 0 Å². The molecule has 0 unspecified atom stereocenters. The maximum absolute atomic E-state index is 10.4. The molecule has 1 heterocycles. The average Bonchev–Trinajstić information content (AvgIpc) is 2.35. The standard InChI is InChI=1S/C8H7ClO2S/c1-5(8(10)11)2-7-3-6(9)4-12-7/h2-4H,1H3,(H,10,11). The Balaban J connectivity index is 2.87. The minimum absolute atomic E-state index is 0.313. The first-order chi connectivity index (χ1) is 5.59. The minimum Gasteiger partial charge on any atom is -0.478 e. The van der Waals surface area contributed by atoms with Crippen LogP contribution in [0.2, 0.25) is 5.02 Å². The van der Waals surface area contributed by atoms with Crippen LogP contribution in [0, 0.1) is 0 Å². The Morgan fingerprint density at radius 1 is 1.75 bits per heavy atom. The van der Waals surface area contributed by atoms with Gasteiger partial charge >= 0.3 is 5.97 Å². The predicted octanol–water partition coefficient (Wildman–Crippen LogP) is 2.89. The molecule has 0 aromatic carbocycles. The third-order valence-corrected chi connectivity index (χ3v) is 2.51. The summed E-state index contributed by atoms with van der Waals surface area (Å²) in [5.74, 6) is -0.903. The van der Waals surface area contributed by atoms with E-state index >= 15 is 0 Å². The highest BCUT2D eigenvalue weighted by Crippen LogP contribution is 2.21. The van der Waals surface area contributed by atoms with Crippen LogP contribution in [-0.4, -0.2) is 11.1 Å². The lowest BCUT2D eigenvalue weighted by atomic mass is 10.2. The molecule has 1 rings (SSSR count). The lowest BCUT2D eigenvalue weighted by Gasteiger charge is -1.89. The summed E-state index contributed by atoms with van der Waals surface area (Å²) in [6, 6.07) is 1.73. The van der Waals surface area contributed by atoms with Crippen molar-refractivity contribution in [1.82, 2.24) is 0 Å². The molecule has 0 aliphatic rings. The number of hydrogen-bond acceptors (Lipinski definition) is 2. The van der Waals surface area contributed by atoms with Crippen molar-refractivity contribution in [2.24, 2.45) is 0 Å². The van der Waals surface area contributed by atoms with Crippen molar-refractivity contribution >= 4 is 35.0 Å². The molecule has 1 N–H and O–H groups in total. The van der Waals surface area contributed by atoms with E-state index in [-0.39, 0.29) is 0 Å². The molecule has 4 heteroatoms. The summed E-state index contributed by atoms with van der Waals surface area (Å²) in [6.45, 7) is 1.55. The van der Waals surface area contributed by atoms with Gasteiger partial charge in [-0.2, -0.15) is 0 Å². The third kappa shape index (κ3) is 2.36. The molecule has 0 amide bonds. The summed E-state index contributed by atoms with van der Waals surface area (Å²) in [5.41, 5.74) is 0.313. The van der Waals surface area contributed by atoms with E-state index in [1.807, 2.05) is 0 Å². The Hall–Kier alpha value is -0.800. The second-order valence-corrected chi connectivity index (χ2v) is 3.68. The summed E-state index contributed by atoms with van der Waals surface area (Å²) in [5, 5.41) is 11.0. The van der Waals surface area contributed by atoms with Crippen molar-refractivity contribution in [3.05, 3.63) is 26.9 Å². The molecule has 64 valence electrons. The zero-order chi connectivity index (χ0) is 9.14. The SMILES string of the molecule is CC(=Cc1cc(Cl)cs1)C(=O)O. The molecule has 2 nitrogen and oxygen atoms in total. The number of aliphatic carboxylic acids is 1. The second-order valence-electron chi connectivity index (χ2n) is 2.30. The van der Waals surface area contributed by atoms with E-state index in [1.54, 1.807) is 24.4 Å². The van der Waals surface area contributed by atoms with Gasteiger partial charge in [0.1, 0.15) is 0 Å². The van der Waals surface area contributed by atoms with E-state index in [1.165, 1.54) is 11.3 Å². The molecule has 0 spiro atoms. The van der Waals surface area contributed by atoms with Gasteiger partial charge in [-0.05, 0) is 19.1 Å². The Morgan fingerprint density at radius 2 is 2.42 bits per heavy atom. The van der Waals surface area contributed by atoms with Gasteiger partial charge in [0.2, 0.25) is 0 Å². The number of carbonyl (C=O) groups is 1. The van der Waals surface area contributed by atoms with Gasteiger partial charge < -0.3 is 5.11 Å². The second kappa shape index (κ2) is 3.74. The van der Waals surface area contributed by atoms with E-state index in [4.69, 9.17) is 16.7 Å². The topological polar surface area (TPSA) is 37.3 Å². The highest BCUT2D eigenvalue weighted by atomic mass is 35.5. The third-order valence-electron chi connectivity index (χ3n) is 1.28. The maximum Gasteiger partial charge on any atom is 0.331 e. The van der Waals surface area contributed by atoms with Crippen molar-refractivity contribution in [3.8, 4) is 0 Å². The van der Waals surface area contributed by atoms with Gasteiger partial charge in [-0.3, -0.25) is 0 Å². The lowest BCUT2D eigenvalue weighted by molar-refractivity contribution is -0.132. The molecule has 1 aromatic rings. The number of hydrogen-bond donors (Lipinski definition) is 1. The summed E-state index contributed by atoms with van der Waals surface area (Å²) < 4.78 is 0. The quantitative estimate of drug-likeness (QED) is 0.749. The van der Waals surface area contributed by atoms with Crippen LogP contribution in [0.4, 0.5) is 0 Å². The van der Waals surface area contributed by atoms with Crippen LogP contribution in [0.3, 0.4) is 0 Å². The van der Waals surface area contributed by atoms with Gasteiger partial charge in [-0.1, -0.05) is 11.6 Å². The largest absolute Gasteiger partial charge is 0.478 e. The molecule has 0 aliphatic carbocycles. The van der Waals surface area contributed by atoms with Crippen molar-refractivity contribution in [3.63, 3.8) is 0 Å². The fraction of sp³-hybridized carbons (Fsp3) is 0.125. The Labute approximate surface area is 79.1 Å². The van der Waals surface area contributed by atoms with Gasteiger partial charge in [-0.15, -0.1) is 11.3 Å². The Kier molecular flexibility index (Phi) is 2.89. The first-order valence-electron chi connectivity index (χ1n) is 3.25. The molecular weight excluding hydrogens is 196 g/mol. The van der Waals surface area contributed by atoms with Crippen LogP contribution in [0.1, 0.15) is 11.8 Å². The van der Waals surface area contributed by atoms with Crippen LogP contribution < -0.4 is 0 Å². The molecule has 1 aromatic heterocycles. The molecule has 0 radical (unpaired) electrons. The fourth-order valence-corrected chi connectivity index (χ4v) is 1.75. The molecule has 0 atom stereocenters. The maximum atomic E-state index is 10.4. The van der Waals surface area contributed by atoms with E-state index < -0.39 is 5.97 Å². The van der Waals surface area contributed by atoms with Crippen molar-refractivity contribution in [2.75, 3.05) is 0 Å². The van der Waals surface area contributed by atoms with Crippen LogP contribution in [0.5, 0.6) is 0 Å².